The molecule has 0 amide bonds. The van der Waals surface area contributed by atoms with E-state index < -0.39 is 0 Å². The lowest BCUT2D eigenvalue weighted by Crippen LogP contribution is -2.06. The molecule has 0 bridgehead atoms. The van der Waals surface area contributed by atoms with Crippen molar-refractivity contribution in [3.8, 4) is 0 Å². The smallest absolute Gasteiger partial charge is 0.0104 e. The zero-order valence-corrected chi connectivity index (χ0v) is 13.0. The first-order chi connectivity index (χ1) is 11.4. The van der Waals surface area contributed by atoms with Crippen LogP contribution in [-0.2, 0) is 0 Å². The van der Waals surface area contributed by atoms with Gasteiger partial charge in [0, 0.05) is 5.92 Å². The van der Waals surface area contributed by atoms with Crippen molar-refractivity contribution in [2.24, 2.45) is 0 Å². The Morgan fingerprint density at radius 3 is 2.61 bits per heavy atom. The summed E-state index contributed by atoms with van der Waals surface area (Å²) in [6.45, 7) is 0. The molecule has 0 aromatic heterocycles. The van der Waals surface area contributed by atoms with E-state index in [4.69, 9.17) is 0 Å². The summed E-state index contributed by atoms with van der Waals surface area (Å²) in [7, 11) is 0. The van der Waals surface area contributed by atoms with Crippen molar-refractivity contribution >= 4 is 22.4 Å². The zero-order valence-electron chi connectivity index (χ0n) is 13.0. The van der Waals surface area contributed by atoms with Crippen LogP contribution in [0.25, 0.3) is 22.4 Å². The molecule has 0 radical (unpaired) electrons. The number of benzene rings is 3. The Morgan fingerprint density at radius 1 is 0.783 bits per heavy atom. The molecule has 0 spiro atoms. The van der Waals surface area contributed by atoms with Crippen LogP contribution in [0.1, 0.15) is 35.4 Å². The van der Waals surface area contributed by atoms with Gasteiger partial charge in [0.05, 0.1) is 0 Å². The standard InChI is InChI=1S/C23H18/c1-3-10-18-16(7-1)9-5-12-20(18)22-14-6-13-21-19-11-4-2-8-17(19)15-23(21)22/h1-5,7-12,14-15,21H,6,13H2. The highest BCUT2D eigenvalue weighted by molar-refractivity contribution is 6.01. The largest absolute Gasteiger partial charge is 0.0763 e. The number of hydrogen-bond donors (Lipinski definition) is 0. The summed E-state index contributed by atoms with van der Waals surface area (Å²) in [5.41, 5.74) is 7.24. The second-order valence-electron chi connectivity index (χ2n) is 6.50. The normalized spacial score (nSPS) is 19.0. The lowest BCUT2D eigenvalue weighted by molar-refractivity contribution is 0.726. The molecule has 3 aromatic rings. The first-order valence-electron chi connectivity index (χ1n) is 8.41. The fourth-order valence-electron chi connectivity index (χ4n) is 4.21. The molecule has 1 atom stereocenters. The monoisotopic (exact) mass is 294 g/mol. The van der Waals surface area contributed by atoms with Gasteiger partial charge in [0.1, 0.15) is 0 Å². The lowest BCUT2D eigenvalue weighted by Gasteiger charge is -2.24. The molecule has 0 fully saturated rings. The van der Waals surface area contributed by atoms with E-state index in [0.29, 0.717) is 5.92 Å². The molecule has 0 N–H and O–H groups in total. The Labute approximate surface area is 136 Å². The summed E-state index contributed by atoms with van der Waals surface area (Å²) in [5.74, 6) is 0.574. The number of allylic oxidation sites excluding steroid dienone is 3. The molecule has 2 aliphatic rings. The van der Waals surface area contributed by atoms with Gasteiger partial charge in [-0.05, 0) is 51.5 Å². The zero-order chi connectivity index (χ0) is 15.2. The Bertz CT molecular complexity index is 967. The summed E-state index contributed by atoms with van der Waals surface area (Å²) in [4.78, 5) is 0. The van der Waals surface area contributed by atoms with Crippen molar-refractivity contribution in [3.05, 3.63) is 95.1 Å². The fourth-order valence-corrected chi connectivity index (χ4v) is 4.21. The molecule has 1 unspecified atom stereocenters. The van der Waals surface area contributed by atoms with E-state index in [1.54, 1.807) is 0 Å². The van der Waals surface area contributed by atoms with Gasteiger partial charge >= 0.3 is 0 Å². The minimum Gasteiger partial charge on any atom is -0.0763 e. The van der Waals surface area contributed by atoms with Gasteiger partial charge in [-0.3, -0.25) is 0 Å². The van der Waals surface area contributed by atoms with Crippen molar-refractivity contribution in [1.29, 1.82) is 0 Å². The first kappa shape index (κ1) is 12.9. The second kappa shape index (κ2) is 4.96. The fraction of sp³-hybridized carbons (Fsp3) is 0.130. The van der Waals surface area contributed by atoms with Crippen LogP contribution in [0.5, 0.6) is 0 Å². The molecule has 110 valence electrons. The van der Waals surface area contributed by atoms with Crippen molar-refractivity contribution in [2.75, 3.05) is 0 Å². The Balaban J connectivity index is 1.71. The minimum atomic E-state index is 0.574. The maximum atomic E-state index is 2.44. The number of hydrogen-bond acceptors (Lipinski definition) is 0. The van der Waals surface area contributed by atoms with Crippen molar-refractivity contribution < 1.29 is 0 Å². The maximum absolute atomic E-state index is 2.44. The lowest BCUT2D eigenvalue weighted by atomic mass is 9.79. The van der Waals surface area contributed by atoms with Crippen LogP contribution in [0, 0.1) is 0 Å². The van der Waals surface area contributed by atoms with Crippen LogP contribution in [0.3, 0.4) is 0 Å². The van der Waals surface area contributed by atoms with Gasteiger partial charge in [0.15, 0.2) is 0 Å². The maximum Gasteiger partial charge on any atom is 0.0104 e. The number of rotatable bonds is 1. The Hall–Kier alpha value is -2.60. The summed E-state index contributed by atoms with van der Waals surface area (Å²) in [6, 6.07) is 24.3. The molecule has 2 aliphatic carbocycles. The molecule has 23 heavy (non-hydrogen) atoms. The van der Waals surface area contributed by atoms with Gasteiger partial charge in [0.2, 0.25) is 0 Å². The molecule has 0 heteroatoms. The van der Waals surface area contributed by atoms with E-state index in [9.17, 15) is 0 Å². The van der Waals surface area contributed by atoms with Gasteiger partial charge in [-0.25, -0.2) is 0 Å². The minimum absolute atomic E-state index is 0.574. The van der Waals surface area contributed by atoms with Crippen molar-refractivity contribution in [2.45, 2.75) is 18.8 Å². The van der Waals surface area contributed by atoms with Gasteiger partial charge in [-0.2, -0.15) is 0 Å². The van der Waals surface area contributed by atoms with E-state index in [2.05, 4.69) is 78.9 Å². The van der Waals surface area contributed by atoms with Crippen molar-refractivity contribution in [1.82, 2.24) is 0 Å². The van der Waals surface area contributed by atoms with Gasteiger partial charge in [-0.1, -0.05) is 78.9 Å². The number of fused-ring (bicyclic) bond motifs is 4. The van der Waals surface area contributed by atoms with Crippen LogP contribution < -0.4 is 0 Å². The molecule has 0 saturated carbocycles. The predicted molar refractivity (Wildman–Crippen MR) is 98.3 cm³/mol. The van der Waals surface area contributed by atoms with Crippen LogP contribution >= 0.6 is 0 Å². The average Bonchev–Trinajstić information content (AvgIpc) is 3.00. The second-order valence-corrected chi connectivity index (χ2v) is 6.50. The molecule has 0 aliphatic heterocycles. The summed E-state index contributed by atoms with van der Waals surface area (Å²) in [6.07, 6.45) is 7.24. The quantitative estimate of drug-likeness (QED) is 0.501. The van der Waals surface area contributed by atoms with Crippen LogP contribution in [-0.4, -0.2) is 0 Å². The van der Waals surface area contributed by atoms with Crippen molar-refractivity contribution in [3.63, 3.8) is 0 Å². The molecule has 0 nitrogen and oxygen atoms in total. The van der Waals surface area contributed by atoms with Crippen LogP contribution in [0.15, 0.2) is 78.4 Å². The third-order valence-corrected chi connectivity index (χ3v) is 5.25. The molecule has 0 saturated heterocycles. The van der Waals surface area contributed by atoms with E-state index in [1.807, 2.05) is 0 Å². The Kier molecular flexibility index (Phi) is 2.78. The van der Waals surface area contributed by atoms with Crippen LogP contribution in [0.4, 0.5) is 0 Å². The van der Waals surface area contributed by atoms with E-state index in [-0.39, 0.29) is 0 Å². The van der Waals surface area contributed by atoms with Gasteiger partial charge in [0.25, 0.3) is 0 Å². The summed E-state index contributed by atoms with van der Waals surface area (Å²) in [5, 5.41) is 2.68. The topological polar surface area (TPSA) is 0 Å². The molecular weight excluding hydrogens is 276 g/mol. The molecular formula is C23H18. The van der Waals surface area contributed by atoms with E-state index in [1.165, 1.54) is 45.0 Å². The highest BCUT2D eigenvalue weighted by atomic mass is 14.3. The van der Waals surface area contributed by atoms with E-state index in [0.717, 1.165) is 6.42 Å². The molecule has 5 rings (SSSR count). The van der Waals surface area contributed by atoms with Gasteiger partial charge in [-0.15, -0.1) is 0 Å². The Morgan fingerprint density at radius 2 is 1.61 bits per heavy atom. The highest BCUT2D eigenvalue weighted by Gasteiger charge is 2.30. The average molecular weight is 294 g/mol. The first-order valence-corrected chi connectivity index (χ1v) is 8.41. The van der Waals surface area contributed by atoms with Gasteiger partial charge < -0.3 is 0 Å². The third kappa shape index (κ3) is 1.91. The third-order valence-electron chi connectivity index (χ3n) is 5.25. The molecule has 0 heterocycles. The van der Waals surface area contributed by atoms with E-state index >= 15 is 0 Å². The molecule has 3 aromatic carbocycles. The SMILES string of the molecule is C1=C(c2cccc3ccccc23)C2=Cc3ccccc3C2CC1. The van der Waals surface area contributed by atoms with Crippen LogP contribution in [0.2, 0.25) is 0 Å². The summed E-state index contributed by atoms with van der Waals surface area (Å²) < 4.78 is 0. The summed E-state index contributed by atoms with van der Waals surface area (Å²) >= 11 is 0. The predicted octanol–water partition coefficient (Wildman–Crippen LogP) is 6.20. The highest BCUT2D eigenvalue weighted by Crippen LogP contribution is 2.49.